The van der Waals surface area contributed by atoms with Gasteiger partial charge >= 0.3 is 0 Å². The van der Waals surface area contributed by atoms with Crippen LogP contribution in [0.4, 0.5) is 5.69 Å². The summed E-state index contributed by atoms with van der Waals surface area (Å²) in [5.74, 6) is 4.09. The Bertz CT molecular complexity index is 593. The van der Waals surface area contributed by atoms with Gasteiger partial charge in [0, 0.05) is 18.2 Å². The first-order valence-corrected chi connectivity index (χ1v) is 5.81. The third-order valence-corrected chi connectivity index (χ3v) is 3.31. The van der Waals surface area contributed by atoms with E-state index in [0.717, 1.165) is 5.56 Å². The maximum Gasteiger partial charge on any atom is 0.274 e. The summed E-state index contributed by atoms with van der Waals surface area (Å²) in [7, 11) is 0. The minimum absolute atomic E-state index is 0.122. The number of imide groups is 1. The standard InChI is InChI=1S/C13H15N3O3/c1-7(17)16(14)11(18)8-4-5-9-10(6-8)15-12(19)13(9,2)3/h4-6H,14H2,1-3H3,(H,15,19). The zero-order valence-electron chi connectivity index (χ0n) is 11.0. The highest BCUT2D eigenvalue weighted by Gasteiger charge is 2.38. The fourth-order valence-corrected chi connectivity index (χ4v) is 2.01. The van der Waals surface area contributed by atoms with Gasteiger partial charge in [-0.25, -0.2) is 10.9 Å². The number of hydrazine groups is 1. The highest BCUT2D eigenvalue weighted by atomic mass is 16.2. The molecular formula is C13H15N3O3. The molecule has 0 spiro atoms. The summed E-state index contributed by atoms with van der Waals surface area (Å²) >= 11 is 0. The van der Waals surface area contributed by atoms with Gasteiger partial charge in [0.15, 0.2) is 0 Å². The van der Waals surface area contributed by atoms with Crippen molar-refractivity contribution < 1.29 is 14.4 Å². The van der Waals surface area contributed by atoms with Crippen LogP contribution >= 0.6 is 0 Å². The molecule has 1 aromatic rings. The summed E-state index contributed by atoms with van der Waals surface area (Å²) < 4.78 is 0. The molecule has 0 atom stereocenters. The maximum absolute atomic E-state index is 11.9. The Morgan fingerprint density at radius 3 is 2.53 bits per heavy atom. The summed E-state index contributed by atoms with van der Waals surface area (Å²) in [6.07, 6.45) is 0. The molecule has 100 valence electrons. The van der Waals surface area contributed by atoms with Crippen LogP contribution in [0.25, 0.3) is 0 Å². The summed E-state index contributed by atoms with van der Waals surface area (Å²) in [4.78, 5) is 34.7. The lowest BCUT2D eigenvalue weighted by Gasteiger charge is -2.16. The lowest BCUT2D eigenvalue weighted by molar-refractivity contribution is -0.126. The lowest BCUT2D eigenvalue weighted by atomic mass is 9.86. The number of nitrogens with zero attached hydrogens (tertiary/aromatic N) is 1. The summed E-state index contributed by atoms with van der Waals surface area (Å²) in [5.41, 5.74) is 1.03. The largest absolute Gasteiger partial charge is 0.325 e. The van der Waals surface area contributed by atoms with E-state index in [2.05, 4.69) is 5.32 Å². The van der Waals surface area contributed by atoms with Crippen LogP contribution in [-0.4, -0.2) is 22.7 Å². The van der Waals surface area contributed by atoms with E-state index < -0.39 is 17.2 Å². The number of nitrogens with one attached hydrogen (secondary N) is 1. The molecule has 0 aliphatic carbocycles. The zero-order valence-corrected chi connectivity index (χ0v) is 11.0. The second-order valence-corrected chi connectivity index (χ2v) is 5.03. The van der Waals surface area contributed by atoms with Crippen LogP contribution in [0, 0.1) is 0 Å². The van der Waals surface area contributed by atoms with E-state index in [1.165, 1.54) is 13.0 Å². The SMILES string of the molecule is CC(=O)N(N)C(=O)c1ccc2c(c1)NC(=O)C2(C)C. The van der Waals surface area contributed by atoms with E-state index in [0.29, 0.717) is 10.7 Å². The summed E-state index contributed by atoms with van der Waals surface area (Å²) in [5, 5.41) is 3.26. The molecule has 19 heavy (non-hydrogen) atoms. The van der Waals surface area contributed by atoms with Gasteiger partial charge < -0.3 is 5.32 Å². The van der Waals surface area contributed by atoms with Crippen molar-refractivity contribution in [2.24, 2.45) is 5.84 Å². The Hall–Kier alpha value is -2.21. The van der Waals surface area contributed by atoms with Gasteiger partial charge in [-0.2, -0.15) is 0 Å². The molecule has 6 heteroatoms. The molecule has 0 radical (unpaired) electrons. The van der Waals surface area contributed by atoms with E-state index in [9.17, 15) is 14.4 Å². The Kier molecular flexibility index (Phi) is 2.90. The molecule has 1 heterocycles. The highest BCUT2D eigenvalue weighted by molar-refractivity contribution is 6.08. The molecule has 0 saturated carbocycles. The second-order valence-electron chi connectivity index (χ2n) is 5.03. The fraction of sp³-hybridized carbons (Fsp3) is 0.308. The molecule has 1 aromatic carbocycles. The lowest BCUT2D eigenvalue weighted by Crippen LogP contribution is -2.41. The Balaban J connectivity index is 2.40. The van der Waals surface area contributed by atoms with Gasteiger partial charge in [-0.1, -0.05) is 6.07 Å². The number of hydrogen-bond acceptors (Lipinski definition) is 4. The number of amides is 3. The molecule has 0 unspecified atom stereocenters. The first-order valence-electron chi connectivity index (χ1n) is 5.81. The number of carbonyl (C=O) groups excluding carboxylic acids is 3. The van der Waals surface area contributed by atoms with Crippen LogP contribution in [0.1, 0.15) is 36.7 Å². The molecule has 6 nitrogen and oxygen atoms in total. The Morgan fingerprint density at radius 1 is 1.32 bits per heavy atom. The van der Waals surface area contributed by atoms with Crippen molar-refractivity contribution in [2.75, 3.05) is 5.32 Å². The minimum Gasteiger partial charge on any atom is -0.325 e. The molecular weight excluding hydrogens is 246 g/mol. The summed E-state index contributed by atoms with van der Waals surface area (Å²) in [6.45, 7) is 4.82. The van der Waals surface area contributed by atoms with Crippen molar-refractivity contribution in [1.82, 2.24) is 5.01 Å². The van der Waals surface area contributed by atoms with Gasteiger partial charge in [0.2, 0.25) is 11.8 Å². The van der Waals surface area contributed by atoms with Gasteiger partial charge in [-0.15, -0.1) is 0 Å². The van der Waals surface area contributed by atoms with Crippen LogP contribution in [0.5, 0.6) is 0 Å². The Morgan fingerprint density at radius 2 is 1.95 bits per heavy atom. The quantitative estimate of drug-likeness (QED) is 0.444. The maximum atomic E-state index is 11.9. The minimum atomic E-state index is -0.625. The summed E-state index contributed by atoms with van der Waals surface area (Å²) in [6, 6.07) is 4.80. The zero-order chi connectivity index (χ0) is 14.4. The number of benzene rings is 1. The number of carbonyl (C=O) groups is 3. The van der Waals surface area contributed by atoms with E-state index in [-0.39, 0.29) is 11.5 Å². The molecule has 0 bridgehead atoms. The van der Waals surface area contributed by atoms with Crippen molar-refractivity contribution in [3.05, 3.63) is 29.3 Å². The number of fused-ring (bicyclic) bond motifs is 1. The fourth-order valence-electron chi connectivity index (χ4n) is 2.01. The van der Waals surface area contributed by atoms with Gasteiger partial charge in [0.1, 0.15) is 0 Å². The molecule has 0 fully saturated rings. The van der Waals surface area contributed by atoms with Crippen molar-refractivity contribution in [2.45, 2.75) is 26.2 Å². The van der Waals surface area contributed by atoms with Gasteiger partial charge in [-0.05, 0) is 31.5 Å². The third kappa shape index (κ3) is 2.00. The van der Waals surface area contributed by atoms with Crippen LogP contribution in [-0.2, 0) is 15.0 Å². The van der Waals surface area contributed by atoms with Crippen LogP contribution in [0.3, 0.4) is 0 Å². The predicted octanol–water partition coefficient (Wildman–Crippen LogP) is 0.779. The van der Waals surface area contributed by atoms with Crippen LogP contribution < -0.4 is 11.2 Å². The average Bonchev–Trinajstić information content (AvgIpc) is 2.57. The molecule has 3 amide bonds. The van der Waals surface area contributed by atoms with Gasteiger partial charge in [0.05, 0.1) is 5.41 Å². The first-order chi connectivity index (χ1) is 8.75. The topological polar surface area (TPSA) is 92.5 Å². The molecule has 3 N–H and O–H groups in total. The van der Waals surface area contributed by atoms with E-state index in [1.807, 2.05) is 0 Å². The average molecular weight is 261 g/mol. The monoisotopic (exact) mass is 261 g/mol. The smallest absolute Gasteiger partial charge is 0.274 e. The van der Waals surface area contributed by atoms with E-state index in [1.54, 1.807) is 26.0 Å². The highest BCUT2D eigenvalue weighted by Crippen LogP contribution is 2.37. The van der Waals surface area contributed by atoms with Crippen molar-refractivity contribution >= 4 is 23.4 Å². The second kappa shape index (κ2) is 4.17. The molecule has 1 aliphatic heterocycles. The number of hydrogen-bond donors (Lipinski definition) is 2. The normalized spacial score (nSPS) is 15.7. The van der Waals surface area contributed by atoms with Gasteiger partial charge in [-0.3, -0.25) is 14.4 Å². The first kappa shape index (κ1) is 13.2. The number of nitrogens with two attached hydrogens (primary N) is 1. The van der Waals surface area contributed by atoms with Crippen LogP contribution in [0.15, 0.2) is 18.2 Å². The van der Waals surface area contributed by atoms with Crippen molar-refractivity contribution in [3.63, 3.8) is 0 Å². The molecule has 0 saturated heterocycles. The predicted molar refractivity (Wildman–Crippen MR) is 69.1 cm³/mol. The Labute approximate surface area is 110 Å². The van der Waals surface area contributed by atoms with Crippen molar-refractivity contribution in [1.29, 1.82) is 0 Å². The van der Waals surface area contributed by atoms with E-state index in [4.69, 9.17) is 5.84 Å². The molecule has 1 aliphatic rings. The van der Waals surface area contributed by atoms with Crippen LogP contribution in [0.2, 0.25) is 0 Å². The number of anilines is 1. The number of rotatable bonds is 1. The molecule has 2 rings (SSSR count). The van der Waals surface area contributed by atoms with E-state index >= 15 is 0 Å². The third-order valence-electron chi connectivity index (χ3n) is 3.31. The van der Waals surface area contributed by atoms with Gasteiger partial charge in [0.25, 0.3) is 5.91 Å². The van der Waals surface area contributed by atoms with Crippen molar-refractivity contribution in [3.8, 4) is 0 Å². The molecule has 0 aromatic heterocycles.